The number of thioether (sulfide) groups is 1. The number of alkyl halides is 6. The third kappa shape index (κ3) is 6.52. The molecule has 2 saturated carbocycles. The Hall–Kier alpha value is -0.470. The van der Waals surface area contributed by atoms with Gasteiger partial charge in [-0.05, 0) is 106 Å². The van der Waals surface area contributed by atoms with Crippen molar-refractivity contribution >= 4 is 11.8 Å². The maximum Gasteiger partial charge on any atom is 0.443 e. The summed E-state index contributed by atoms with van der Waals surface area (Å²) < 4.78 is 126. The molecular weight excluding hydrogens is 774 g/mol. The molecule has 0 N–H and O–H groups in total. The highest BCUT2D eigenvalue weighted by Gasteiger charge is 2.78. The van der Waals surface area contributed by atoms with Gasteiger partial charge in [-0.25, -0.2) is 19.6 Å². The van der Waals surface area contributed by atoms with Gasteiger partial charge in [0.05, 0.1) is 13.2 Å². The number of hydrogen-bond donors (Lipinski definition) is 0. The zero-order chi connectivity index (χ0) is 39.9. The van der Waals surface area contributed by atoms with Crippen LogP contribution >= 0.6 is 11.8 Å². The molecule has 322 valence electrons. The second-order valence-electron chi connectivity index (χ2n) is 18.1. The number of unbranched alkanes of at least 4 members (excludes halogenated alkanes) is 2. The van der Waals surface area contributed by atoms with Gasteiger partial charge in [0.2, 0.25) is 5.79 Å². The maximum atomic E-state index is 15.1. The minimum absolute atomic E-state index is 0.0534. The van der Waals surface area contributed by atoms with Gasteiger partial charge in [-0.1, -0.05) is 27.7 Å². The largest absolute Gasteiger partial charge is 0.443 e. The van der Waals surface area contributed by atoms with Gasteiger partial charge in [0.1, 0.15) is 0 Å². The normalized spacial score (nSPS) is 49.9. The molecule has 4 bridgehead atoms. The fraction of sp³-hybridized carbons (Fsp3) is 1.00. The third-order valence-corrected chi connectivity index (χ3v) is 16.1. The standard InChI is InChI=1S/C39H58F6O10S/c1-22-10-12-28-24(3)36(38(40,41)42,50-31-34(28)26(22)14-15-30(48-31)52-54-34)46-18-6-8-20-56-21-9-7-19-47-37(39(43,44)45)25(4)29-13-11-23(2)27-16-17-33(5)49-32(51-37)35(27,29)55-53-33/h22-32H,6-21H2,1-5H3/t22-,23-,24-,25-,26+,27+,28+,29+,30-,31+,32+,33+,34-,35-,36-,37-/m1/s1. The van der Waals surface area contributed by atoms with Gasteiger partial charge >= 0.3 is 12.4 Å². The highest BCUT2D eigenvalue weighted by atomic mass is 32.2. The molecule has 56 heavy (non-hydrogen) atoms. The molecule has 10 fully saturated rings. The summed E-state index contributed by atoms with van der Waals surface area (Å²) in [7, 11) is 0. The lowest BCUT2D eigenvalue weighted by atomic mass is 9.57. The molecular formula is C39H58F6O10S. The van der Waals surface area contributed by atoms with Crippen molar-refractivity contribution in [2.24, 2.45) is 47.3 Å². The molecule has 10 rings (SSSR count). The van der Waals surface area contributed by atoms with Gasteiger partial charge in [0.25, 0.3) is 11.6 Å². The predicted molar refractivity (Wildman–Crippen MR) is 187 cm³/mol. The second kappa shape index (κ2) is 15.2. The number of rotatable bonds is 12. The average Bonchev–Trinajstić information content (AvgIpc) is 3.55. The zero-order valence-electron chi connectivity index (χ0n) is 32.9. The van der Waals surface area contributed by atoms with Crippen molar-refractivity contribution in [3.05, 3.63) is 0 Å². The molecule has 0 aromatic carbocycles. The van der Waals surface area contributed by atoms with E-state index in [-0.39, 0.29) is 36.9 Å². The van der Waals surface area contributed by atoms with Crippen LogP contribution in [0.1, 0.15) is 112 Å². The van der Waals surface area contributed by atoms with Crippen molar-refractivity contribution in [1.82, 2.24) is 0 Å². The van der Waals surface area contributed by atoms with E-state index in [1.807, 2.05) is 0 Å². The van der Waals surface area contributed by atoms with E-state index in [0.29, 0.717) is 69.3 Å². The molecule has 0 aromatic rings. The van der Waals surface area contributed by atoms with Crippen LogP contribution in [0.5, 0.6) is 0 Å². The van der Waals surface area contributed by atoms with Crippen LogP contribution in [0.2, 0.25) is 0 Å². The molecule has 10 nitrogen and oxygen atoms in total. The van der Waals surface area contributed by atoms with Crippen LogP contribution in [-0.4, -0.2) is 84.5 Å². The molecule has 0 unspecified atom stereocenters. The molecule has 0 aromatic heterocycles. The van der Waals surface area contributed by atoms with Crippen molar-refractivity contribution in [3.8, 4) is 0 Å². The highest BCUT2D eigenvalue weighted by molar-refractivity contribution is 7.99. The van der Waals surface area contributed by atoms with Crippen LogP contribution in [0.4, 0.5) is 26.3 Å². The molecule has 10 aliphatic rings. The average molecular weight is 833 g/mol. The number of fused-ring (bicyclic) bond motifs is 4. The minimum atomic E-state index is -4.82. The predicted octanol–water partition coefficient (Wildman–Crippen LogP) is 9.20. The smallest absolute Gasteiger partial charge is 0.342 e. The Kier molecular flexibility index (Phi) is 11.4. The van der Waals surface area contributed by atoms with Crippen LogP contribution < -0.4 is 0 Å². The Bertz CT molecular complexity index is 1410. The van der Waals surface area contributed by atoms with Crippen molar-refractivity contribution in [2.75, 3.05) is 24.7 Å². The lowest BCUT2D eigenvalue weighted by molar-refractivity contribution is -0.598. The molecule has 17 heteroatoms. The van der Waals surface area contributed by atoms with Crippen LogP contribution in [-0.2, 0) is 48.0 Å². The lowest BCUT2D eigenvalue weighted by Crippen LogP contribution is -2.76. The van der Waals surface area contributed by atoms with Crippen molar-refractivity contribution in [3.63, 3.8) is 0 Å². The summed E-state index contributed by atoms with van der Waals surface area (Å²) in [6, 6.07) is 0. The monoisotopic (exact) mass is 832 g/mol. The van der Waals surface area contributed by atoms with Crippen LogP contribution in [0.15, 0.2) is 0 Å². The maximum absolute atomic E-state index is 15.1. The van der Waals surface area contributed by atoms with E-state index in [0.717, 1.165) is 19.3 Å². The molecule has 0 radical (unpaired) electrons. The molecule has 8 saturated heterocycles. The first-order chi connectivity index (χ1) is 26.4. The van der Waals surface area contributed by atoms with Gasteiger partial charge < -0.3 is 28.4 Å². The molecule has 16 atom stereocenters. The van der Waals surface area contributed by atoms with E-state index >= 15 is 13.2 Å². The number of halogens is 6. The minimum Gasteiger partial charge on any atom is -0.342 e. The zero-order valence-corrected chi connectivity index (χ0v) is 33.7. The van der Waals surface area contributed by atoms with Gasteiger partial charge in [0, 0.05) is 36.5 Å². The highest BCUT2D eigenvalue weighted by Crippen LogP contribution is 2.65. The van der Waals surface area contributed by atoms with Crippen LogP contribution in [0.3, 0.4) is 0 Å². The second-order valence-corrected chi connectivity index (χ2v) is 19.3. The lowest BCUT2D eigenvalue weighted by Gasteiger charge is -2.62. The summed E-state index contributed by atoms with van der Waals surface area (Å²) in [6.45, 7) is 8.62. The Morgan fingerprint density at radius 1 is 0.589 bits per heavy atom. The fourth-order valence-corrected chi connectivity index (χ4v) is 13.0. The molecule has 2 aliphatic carbocycles. The Labute approximate surface area is 329 Å². The fourth-order valence-electron chi connectivity index (χ4n) is 12.0. The number of ether oxygens (including phenoxy) is 6. The van der Waals surface area contributed by atoms with E-state index in [1.54, 1.807) is 18.7 Å². The van der Waals surface area contributed by atoms with Crippen molar-refractivity contribution in [1.29, 1.82) is 0 Å². The Balaban J connectivity index is 0.812. The topological polar surface area (TPSA) is 92.3 Å². The summed E-state index contributed by atoms with van der Waals surface area (Å²) in [5.74, 6) is -8.51. The Morgan fingerprint density at radius 2 is 1.11 bits per heavy atom. The molecule has 0 amide bonds. The van der Waals surface area contributed by atoms with Crippen LogP contribution in [0.25, 0.3) is 0 Å². The van der Waals surface area contributed by atoms with E-state index in [4.69, 9.17) is 48.0 Å². The first kappa shape index (κ1) is 42.2. The van der Waals surface area contributed by atoms with E-state index in [1.165, 1.54) is 13.8 Å². The first-order valence-corrected chi connectivity index (χ1v) is 22.0. The van der Waals surface area contributed by atoms with E-state index in [2.05, 4.69) is 13.8 Å². The van der Waals surface area contributed by atoms with Crippen molar-refractivity contribution in [2.45, 2.75) is 171 Å². The summed E-state index contributed by atoms with van der Waals surface area (Å²) in [5, 5.41) is 0. The summed E-state index contributed by atoms with van der Waals surface area (Å²) in [5.41, 5.74) is -2.26. The summed E-state index contributed by atoms with van der Waals surface area (Å²) in [4.78, 5) is 23.3. The molecule has 8 aliphatic heterocycles. The first-order valence-electron chi connectivity index (χ1n) is 20.8. The quantitative estimate of drug-likeness (QED) is 0.107. The van der Waals surface area contributed by atoms with Crippen LogP contribution in [0, 0.1) is 47.3 Å². The summed E-state index contributed by atoms with van der Waals surface area (Å²) in [6.07, 6.45) is -6.06. The Morgan fingerprint density at radius 3 is 1.68 bits per heavy atom. The van der Waals surface area contributed by atoms with E-state index < -0.39 is 83.5 Å². The number of hydrogen-bond acceptors (Lipinski definition) is 11. The summed E-state index contributed by atoms with van der Waals surface area (Å²) >= 11 is 1.59. The SMILES string of the molecule is C[C@@H]1CC[C@H]2[C@@H](C)[C@](OCCCCSCCCCO[C@@]3(C(F)(F)F)O[C@@H]4O[C@]5(C)CC[C@H]6[C@H](C)CC[C@@H]([C@H]3C)[C@@]46OO5)(C(F)(F)F)O[C@@H]3O[C@H]4CC[C@@H]1[C@]32OO4. The third-order valence-electron chi connectivity index (χ3n) is 15.0. The van der Waals surface area contributed by atoms with Gasteiger partial charge in [0.15, 0.2) is 30.1 Å². The van der Waals surface area contributed by atoms with Gasteiger partial charge in [-0.2, -0.15) is 38.1 Å². The van der Waals surface area contributed by atoms with Crippen molar-refractivity contribution < 1.29 is 74.3 Å². The van der Waals surface area contributed by atoms with E-state index in [9.17, 15) is 13.2 Å². The molecule has 2 spiro atoms. The van der Waals surface area contributed by atoms with Gasteiger partial charge in [-0.3, -0.25) is 0 Å². The molecule has 8 heterocycles. The van der Waals surface area contributed by atoms with Gasteiger partial charge in [-0.15, -0.1) is 0 Å².